The second-order valence-electron chi connectivity index (χ2n) is 5.27. The van der Waals surface area contributed by atoms with E-state index in [-0.39, 0.29) is 5.91 Å². The van der Waals surface area contributed by atoms with Gasteiger partial charge in [-0.25, -0.2) is 9.97 Å². The third-order valence-electron chi connectivity index (χ3n) is 3.66. The molecule has 0 aliphatic carbocycles. The standard InChI is InChI=1S/C17H20N4O3/c1-2-24-14-5-3-13(4-6-14)17(22)20-15-11-16(19-12-18-15)21-7-9-23-10-8-21/h3-6,11-12H,2,7-10H2,1H3,(H,18,19,20,22). The van der Waals surface area contributed by atoms with E-state index >= 15 is 0 Å². The molecule has 7 nitrogen and oxygen atoms in total. The van der Waals surface area contributed by atoms with Gasteiger partial charge in [0.1, 0.15) is 23.7 Å². The minimum atomic E-state index is -0.218. The number of rotatable bonds is 5. The number of nitrogens with zero attached hydrogens (tertiary/aromatic N) is 3. The van der Waals surface area contributed by atoms with Crippen molar-refractivity contribution < 1.29 is 14.3 Å². The van der Waals surface area contributed by atoms with Crippen LogP contribution in [0, 0.1) is 0 Å². The van der Waals surface area contributed by atoms with Gasteiger partial charge in [-0.2, -0.15) is 0 Å². The molecular formula is C17H20N4O3. The maximum atomic E-state index is 12.3. The van der Waals surface area contributed by atoms with E-state index in [2.05, 4.69) is 20.2 Å². The second-order valence-corrected chi connectivity index (χ2v) is 5.27. The summed E-state index contributed by atoms with van der Waals surface area (Å²) in [5.74, 6) is 1.79. The van der Waals surface area contributed by atoms with Crippen molar-refractivity contribution in [2.75, 3.05) is 43.1 Å². The second kappa shape index (κ2) is 7.74. The molecule has 1 N–H and O–H groups in total. The summed E-state index contributed by atoms with van der Waals surface area (Å²) in [7, 11) is 0. The van der Waals surface area contributed by atoms with Gasteiger partial charge >= 0.3 is 0 Å². The Morgan fingerprint density at radius 3 is 2.71 bits per heavy atom. The SMILES string of the molecule is CCOc1ccc(C(=O)Nc2cc(N3CCOCC3)ncn2)cc1. The molecule has 0 bridgehead atoms. The Bertz CT molecular complexity index is 684. The smallest absolute Gasteiger partial charge is 0.256 e. The Labute approximate surface area is 140 Å². The molecule has 1 aromatic heterocycles. The lowest BCUT2D eigenvalue weighted by Gasteiger charge is -2.27. The van der Waals surface area contributed by atoms with Crippen molar-refractivity contribution in [3.8, 4) is 5.75 Å². The molecule has 1 fully saturated rings. The van der Waals surface area contributed by atoms with E-state index in [1.165, 1.54) is 6.33 Å². The molecule has 1 saturated heterocycles. The summed E-state index contributed by atoms with van der Waals surface area (Å²) in [5.41, 5.74) is 0.546. The minimum absolute atomic E-state index is 0.218. The van der Waals surface area contributed by atoms with Crippen molar-refractivity contribution in [1.82, 2.24) is 9.97 Å². The lowest BCUT2D eigenvalue weighted by atomic mass is 10.2. The number of carbonyl (C=O) groups is 1. The summed E-state index contributed by atoms with van der Waals surface area (Å²) in [6, 6.07) is 8.78. The molecular weight excluding hydrogens is 308 g/mol. The van der Waals surface area contributed by atoms with Crippen molar-refractivity contribution in [2.45, 2.75) is 6.92 Å². The van der Waals surface area contributed by atoms with E-state index in [1.54, 1.807) is 30.3 Å². The summed E-state index contributed by atoms with van der Waals surface area (Å²) in [4.78, 5) is 22.8. The minimum Gasteiger partial charge on any atom is -0.494 e. The van der Waals surface area contributed by atoms with Crippen LogP contribution in [0.3, 0.4) is 0 Å². The fourth-order valence-electron chi connectivity index (χ4n) is 2.44. The van der Waals surface area contributed by atoms with Crippen LogP contribution < -0.4 is 15.0 Å². The van der Waals surface area contributed by atoms with Crippen LogP contribution in [0.5, 0.6) is 5.75 Å². The molecule has 1 aliphatic heterocycles. The first-order valence-corrected chi connectivity index (χ1v) is 7.95. The first kappa shape index (κ1) is 16.2. The van der Waals surface area contributed by atoms with Gasteiger partial charge in [-0.05, 0) is 31.2 Å². The Morgan fingerprint density at radius 1 is 1.25 bits per heavy atom. The van der Waals surface area contributed by atoms with Gasteiger partial charge in [-0.15, -0.1) is 0 Å². The molecule has 3 rings (SSSR count). The van der Waals surface area contributed by atoms with E-state index in [0.717, 1.165) is 24.7 Å². The molecule has 2 aromatic rings. The third kappa shape index (κ3) is 3.99. The van der Waals surface area contributed by atoms with Gasteiger partial charge in [0, 0.05) is 24.7 Å². The average Bonchev–Trinajstić information content (AvgIpc) is 2.63. The van der Waals surface area contributed by atoms with E-state index < -0.39 is 0 Å². The highest BCUT2D eigenvalue weighted by Gasteiger charge is 2.14. The Morgan fingerprint density at radius 2 is 2.00 bits per heavy atom. The molecule has 0 radical (unpaired) electrons. The van der Waals surface area contributed by atoms with Crippen molar-refractivity contribution in [2.24, 2.45) is 0 Å². The van der Waals surface area contributed by atoms with E-state index in [0.29, 0.717) is 31.2 Å². The molecule has 0 atom stereocenters. The molecule has 24 heavy (non-hydrogen) atoms. The quantitative estimate of drug-likeness (QED) is 0.904. The number of carbonyl (C=O) groups excluding carboxylic acids is 1. The highest BCUT2D eigenvalue weighted by Crippen LogP contribution is 2.17. The Kier molecular flexibility index (Phi) is 5.22. The molecule has 2 heterocycles. The van der Waals surface area contributed by atoms with Crippen LogP contribution in [0.15, 0.2) is 36.7 Å². The average molecular weight is 328 g/mol. The predicted molar refractivity (Wildman–Crippen MR) is 90.6 cm³/mol. The van der Waals surface area contributed by atoms with Crippen LogP contribution in [0.4, 0.5) is 11.6 Å². The van der Waals surface area contributed by atoms with Gasteiger partial charge in [0.15, 0.2) is 0 Å². The number of hydrogen-bond acceptors (Lipinski definition) is 6. The zero-order valence-electron chi connectivity index (χ0n) is 13.6. The van der Waals surface area contributed by atoms with Gasteiger partial charge in [-0.3, -0.25) is 4.79 Å². The summed E-state index contributed by atoms with van der Waals surface area (Å²) in [6.07, 6.45) is 1.46. The predicted octanol–water partition coefficient (Wildman–Crippen LogP) is 1.96. The lowest BCUT2D eigenvalue weighted by Crippen LogP contribution is -2.36. The summed E-state index contributed by atoms with van der Waals surface area (Å²) in [6.45, 7) is 5.43. The third-order valence-corrected chi connectivity index (χ3v) is 3.66. The van der Waals surface area contributed by atoms with Crippen LogP contribution in [-0.4, -0.2) is 48.8 Å². The summed E-state index contributed by atoms with van der Waals surface area (Å²) < 4.78 is 10.7. The van der Waals surface area contributed by atoms with Gasteiger partial charge in [0.05, 0.1) is 19.8 Å². The fourth-order valence-corrected chi connectivity index (χ4v) is 2.44. The van der Waals surface area contributed by atoms with Gasteiger partial charge < -0.3 is 19.7 Å². The monoisotopic (exact) mass is 328 g/mol. The first-order chi connectivity index (χ1) is 11.8. The topological polar surface area (TPSA) is 76.6 Å². The Hall–Kier alpha value is -2.67. The molecule has 7 heteroatoms. The number of morpholine rings is 1. The van der Waals surface area contributed by atoms with Crippen molar-refractivity contribution in [3.05, 3.63) is 42.2 Å². The molecule has 1 aromatic carbocycles. The molecule has 1 amide bonds. The largest absolute Gasteiger partial charge is 0.494 e. The zero-order valence-corrected chi connectivity index (χ0v) is 13.6. The zero-order chi connectivity index (χ0) is 16.8. The van der Waals surface area contributed by atoms with Crippen LogP contribution in [0.1, 0.15) is 17.3 Å². The first-order valence-electron chi connectivity index (χ1n) is 7.95. The maximum absolute atomic E-state index is 12.3. The van der Waals surface area contributed by atoms with Crippen molar-refractivity contribution >= 4 is 17.5 Å². The fraction of sp³-hybridized carbons (Fsp3) is 0.353. The number of ether oxygens (including phenoxy) is 2. The normalized spacial score (nSPS) is 14.3. The molecule has 0 spiro atoms. The van der Waals surface area contributed by atoms with Crippen molar-refractivity contribution in [3.63, 3.8) is 0 Å². The number of benzene rings is 1. The van der Waals surface area contributed by atoms with Gasteiger partial charge in [0.2, 0.25) is 0 Å². The van der Waals surface area contributed by atoms with E-state index in [9.17, 15) is 4.79 Å². The van der Waals surface area contributed by atoms with Crippen LogP contribution in [-0.2, 0) is 4.74 Å². The summed E-state index contributed by atoms with van der Waals surface area (Å²) in [5, 5.41) is 2.80. The van der Waals surface area contributed by atoms with Crippen molar-refractivity contribution in [1.29, 1.82) is 0 Å². The number of nitrogens with one attached hydrogen (secondary N) is 1. The van der Waals surface area contributed by atoms with Gasteiger partial charge in [-0.1, -0.05) is 0 Å². The molecule has 0 unspecified atom stereocenters. The highest BCUT2D eigenvalue weighted by molar-refractivity contribution is 6.03. The lowest BCUT2D eigenvalue weighted by molar-refractivity contribution is 0.102. The van der Waals surface area contributed by atoms with Crippen LogP contribution >= 0.6 is 0 Å². The van der Waals surface area contributed by atoms with Crippen LogP contribution in [0.25, 0.3) is 0 Å². The molecule has 1 aliphatic rings. The molecule has 0 saturated carbocycles. The Balaban J connectivity index is 1.67. The van der Waals surface area contributed by atoms with Gasteiger partial charge in [0.25, 0.3) is 5.91 Å². The molecule has 126 valence electrons. The van der Waals surface area contributed by atoms with Crippen LogP contribution in [0.2, 0.25) is 0 Å². The number of aromatic nitrogens is 2. The number of anilines is 2. The maximum Gasteiger partial charge on any atom is 0.256 e. The van der Waals surface area contributed by atoms with E-state index in [1.807, 2.05) is 6.92 Å². The number of amides is 1. The number of hydrogen-bond donors (Lipinski definition) is 1. The summed E-state index contributed by atoms with van der Waals surface area (Å²) >= 11 is 0. The van der Waals surface area contributed by atoms with E-state index in [4.69, 9.17) is 9.47 Å². The highest BCUT2D eigenvalue weighted by atomic mass is 16.5.